The van der Waals surface area contributed by atoms with E-state index in [0.717, 1.165) is 24.9 Å². The largest absolute Gasteiger partial charge is 0.445 e. The molecular formula is C17H24N2O3. The van der Waals surface area contributed by atoms with Crippen molar-refractivity contribution in [2.75, 3.05) is 19.6 Å². The highest BCUT2D eigenvalue weighted by molar-refractivity contribution is 5.67. The molecule has 1 aromatic rings. The number of carbonyl (C=O) groups excluding carboxylic acids is 1. The van der Waals surface area contributed by atoms with E-state index in [0.29, 0.717) is 19.1 Å². The van der Waals surface area contributed by atoms with Crippen molar-refractivity contribution in [1.29, 1.82) is 0 Å². The van der Waals surface area contributed by atoms with Gasteiger partial charge >= 0.3 is 6.09 Å². The highest BCUT2D eigenvalue weighted by Crippen LogP contribution is 2.26. The Hall–Kier alpha value is -1.59. The summed E-state index contributed by atoms with van der Waals surface area (Å²) in [4.78, 5) is 15.9. The minimum absolute atomic E-state index is 0.276. The second-order valence-electron chi connectivity index (χ2n) is 6.14. The number of amides is 1. The number of rotatable bonds is 3. The lowest BCUT2D eigenvalue weighted by Gasteiger charge is -2.41. The van der Waals surface area contributed by atoms with Gasteiger partial charge in [0.25, 0.3) is 0 Å². The number of ether oxygens (including phenoxy) is 1. The molecule has 3 rings (SSSR count). The van der Waals surface area contributed by atoms with Gasteiger partial charge in [-0.05, 0) is 18.4 Å². The van der Waals surface area contributed by atoms with Crippen molar-refractivity contribution < 1.29 is 14.6 Å². The van der Waals surface area contributed by atoms with Gasteiger partial charge < -0.3 is 14.7 Å². The molecule has 1 saturated carbocycles. The standard InChI is InChI=1S/C17H24N2O3/c20-16-12-18(10-11-19(16)15-8-4-5-9-15)17(21)22-13-14-6-2-1-3-7-14/h1-3,6-7,15-16,20H,4-5,8-13H2. The molecule has 120 valence electrons. The Kier molecular flexibility index (Phi) is 4.95. The lowest BCUT2D eigenvalue weighted by Crippen LogP contribution is -2.57. The summed E-state index contributed by atoms with van der Waals surface area (Å²) >= 11 is 0. The first kappa shape index (κ1) is 15.3. The smallest absolute Gasteiger partial charge is 0.410 e. The predicted molar refractivity (Wildman–Crippen MR) is 83.2 cm³/mol. The van der Waals surface area contributed by atoms with Gasteiger partial charge in [-0.1, -0.05) is 43.2 Å². The molecule has 1 aliphatic heterocycles. The Morgan fingerprint density at radius 2 is 1.91 bits per heavy atom. The maximum absolute atomic E-state index is 12.1. The lowest BCUT2D eigenvalue weighted by atomic mass is 10.1. The van der Waals surface area contributed by atoms with E-state index in [9.17, 15) is 9.90 Å². The van der Waals surface area contributed by atoms with Crippen molar-refractivity contribution in [1.82, 2.24) is 9.80 Å². The number of nitrogens with zero attached hydrogens (tertiary/aromatic N) is 2. The first-order chi connectivity index (χ1) is 10.7. The topological polar surface area (TPSA) is 53.0 Å². The molecule has 1 unspecified atom stereocenters. The number of piperazine rings is 1. The van der Waals surface area contributed by atoms with Crippen LogP contribution in [0.4, 0.5) is 4.79 Å². The Morgan fingerprint density at radius 3 is 2.59 bits per heavy atom. The van der Waals surface area contributed by atoms with Crippen LogP contribution in [0.15, 0.2) is 30.3 Å². The van der Waals surface area contributed by atoms with Crippen molar-refractivity contribution in [2.24, 2.45) is 0 Å². The van der Waals surface area contributed by atoms with E-state index in [2.05, 4.69) is 4.90 Å². The summed E-state index contributed by atoms with van der Waals surface area (Å²) in [5.41, 5.74) is 0.973. The van der Waals surface area contributed by atoms with Crippen LogP contribution in [0, 0.1) is 0 Å². The Morgan fingerprint density at radius 1 is 1.18 bits per heavy atom. The number of carbonyl (C=O) groups is 1. The number of hydrogen-bond donors (Lipinski definition) is 1. The third kappa shape index (κ3) is 3.59. The van der Waals surface area contributed by atoms with Crippen molar-refractivity contribution in [3.05, 3.63) is 35.9 Å². The Bertz CT molecular complexity index is 488. The molecule has 0 radical (unpaired) electrons. The average Bonchev–Trinajstić information content (AvgIpc) is 3.07. The summed E-state index contributed by atoms with van der Waals surface area (Å²) in [6.45, 7) is 1.97. The molecule has 1 N–H and O–H groups in total. The van der Waals surface area contributed by atoms with Gasteiger partial charge in [0.05, 0.1) is 6.54 Å². The lowest BCUT2D eigenvalue weighted by molar-refractivity contribution is -0.0732. The SMILES string of the molecule is O=C(OCc1ccccc1)N1CCN(C2CCCC2)C(O)C1. The second kappa shape index (κ2) is 7.11. The van der Waals surface area contributed by atoms with Gasteiger partial charge in [-0.3, -0.25) is 4.90 Å². The number of hydrogen-bond acceptors (Lipinski definition) is 4. The second-order valence-corrected chi connectivity index (χ2v) is 6.14. The fourth-order valence-corrected chi connectivity index (χ4v) is 3.42. The molecule has 1 aliphatic carbocycles. The molecule has 0 spiro atoms. The monoisotopic (exact) mass is 304 g/mol. The molecule has 0 aromatic heterocycles. The third-order valence-electron chi connectivity index (χ3n) is 4.65. The van der Waals surface area contributed by atoms with Gasteiger partial charge in [-0.25, -0.2) is 4.79 Å². The third-order valence-corrected chi connectivity index (χ3v) is 4.65. The van der Waals surface area contributed by atoms with E-state index in [1.165, 1.54) is 12.8 Å². The van der Waals surface area contributed by atoms with Crippen LogP contribution in [0.25, 0.3) is 0 Å². The van der Waals surface area contributed by atoms with Crippen molar-refractivity contribution in [3.8, 4) is 0 Å². The fourth-order valence-electron chi connectivity index (χ4n) is 3.42. The highest BCUT2D eigenvalue weighted by Gasteiger charge is 2.34. The summed E-state index contributed by atoms with van der Waals surface area (Å²) in [6, 6.07) is 10.1. The predicted octanol–water partition coefficient (Wildman–Crippen LogP) is 2.20. The fraction of sp³-hybridized carbons (Fsp3) is 0.588. The van der Waals surface area contributed by atoms with E-state index in [4.69, 9.17) is 4.74 Å². The van der Waals surface area contributed by atoms with Crippen LogP contribution >= 0.6 is 0 Å². The molecule has 1 saturated heterocycles. The maximum Gasteiger partial charge on any atom is 0.410 e. The summed E-state index contributed by atoms with van der Waals surface area (Å²) in [7, 11) is 0. The zero-order chi connectivity index (χ0) is 15.4. The molecular weight excluding hydrogens is 280 g/mol. The quantitative estimate of drug-likeness (QED) is 0.930. The van der Waals surface area contributed by atoms with Crippen LogP contribution in [0.2, 0.25) is 0 Å². The highest BCUT2D eigenvalue weighted by atomic mass is 16.6. The van der Waals surface area contributed by atoms with Gasteiger partial charge in [0, 0.05) is 19.1 Å². The van der Waals surface area contributed by atoms with E-state index >= 15 is 0 Å². The molecule has 1 atom stereocenters. The average molecular weight is 304 g/mol. The van der Waals surface area contributed by atoms with Crippen LogP contribution in [-0.4, -0.2) is 52.9 Å². The summed E-state index contributed by atoms with van der Waals surface area (Å²) in [5.74, 6) is 0. The molecule has 2 aliphatic rings. The van der Waals surface area contributed by atoms with Crippen molar-refractivity contribution >= 4 is 6.09 Å². The minimum atomic E-state index is -0.568. The molecule has 5 heteroatoms. The number of aliphatic hydroxyl groups is 1. The van der Waals surface area contributed by atoms with Gasteiger partial charge in [0.2, 0.25) is 0 Å². The van der Waals surface area contributed by atoms with E-state index in [-0.39, 0.29) is 12.7 Å². The zero-order valence-electron chi connectivity index (χ0n) is 12.9. The van der Waals surface area contributed by atoms with Gasteiger partial charge in [-0.2, -0.15) is 0 Å². The van der Waals surface area contributed by atoms with Gasteiger partial charge in [-0.15, -0.1) is 0 Å². The van der Waals surface area contributed by atoms with Crippen molar-refractivity contribution in [3.63, 3.8) is 0 Å². The summed E-state index contributed by atoms with van der Waals surface area (Å²) in [6.07, 6.45) is 3.91. The maximum atomic E-state index is 12.1. The van der Waals surface area contributed by atoms with Crippen LogP contribution in [0.3, 0.4) is 0 Å². The van der Waals surface area contributed by atoms with Crippen LogP contribution < -0.4 is 0 Å². The van der Waals surface area contributed by atoms with Gasteiger partial charge in [0.15, 0.2) is 0 Å². The zero-order valence-corrected chi connectivity index (χ0v) is 12.9. The molecule has 1 amide bonds. The van der Waals surface area contributed by atoms with Crippen molar-refractivity contribution in [2.45, 2.75) is 44.6 Å². The number of benzene rings is 1. The van der Waals surface area contributed by atoms with E-state index in [1.807, 2.05) is 30.3 Å². The minimum Gasteiger partial charge on any atom is -0.445 e. The first-order valence-corrected chi connectivity index (χ1v) is 8.13. The molecule has 2 fully saturated rings. The number of aliphatic hydroxyl groups excluding tert-OH is 1. The molecule has 0 bridgehead atoms. The van der Waals surface area contributed by atoms with Crippen LogP contribution in [0.1, 0.15) is 31.2 Å². The van der Waals surface area contributed by atoms with Crippen LogP contribution in [-0.2, 0) is 11.3 Å². The number of β-amino-alcohol motifs (C(OH)–C–C–N with tert-alkyl or cyclic N) is 1. The first-order valence-electron chi connectivity index (χ1n) is 8.13. The van der Waals surface area contributed by atoms with Gasteiger partial charge in [0.1, 0.15) is 12.8 Å². The normalized spacial score (nSPS) is 23.7. The molecule has 5 nitrogen and oxygen atoms in total. The molecule has 1 aromatic carbocycles. The summed E-state index contributed by atoms with van der Waals surface area (Å²) in [5, 5.41) is 10.3. The molecule has 1 heterocycles. The Balaban J connectivity index is 1.48. The van der Waals surface area contributed by atoms with E-state index < -0.39 is 6.23 Å². The Labute approximate surface area is 131 Å². The van der Waals surface area contributed by atoms with E-state index in [1.54, 1.807) is 4.90 Å². The molecule has 22 heavy (non-hydrogen) atoms. The van der Waals surface area contributed by atoms with Crippen LogP contribution in [0.5, 0.6) is 0 Å². The summed E-state index contributed by atoms with van der Waals surface area (Å²) < 4.78 is 5.33.